The van der Waals surface area contributed by atoms with Crippen molar-refractivity contribution in [3.63, 3.8) is 0 Å². The van der Waals surface area contributed by atoms with Crippen molar-refractivity contribution in [1.29, 1.82) is 0 Å². The summed E-state index contributed by atoms with van der Waals surface area (Å²) < 4.78 is 1.82. The molecule has 1 amide bonds. The van der Waals surface area contributed by atoms with Crippen LogP contribution < -0.4 is 4.90 Å². The van der Waals surface area contributed by atoms with E-state index in [0.29, 0.717) is 19.5 Å². The Labute approximate surface area is 151 Å². The molecule has 0 aliphatic carbocycles. The van der Waals surface area contributed by atoms with Gasteiger partial charge in [0, 0.05) is 38.6 Å². The lowest BCUT2D eigenvalue weighted by atomic mass is 10.1. The fourth-order valence-electron chi connectivity index (χ4n) is 3.09. The second-order valence-corrected chi connectivity index (χ2v) is 6.25. The molecule has 1 fully saturated rings. The van der Waals surface area contributed by atoms with Crippen molar-refractivity contribution in [2.45, 2.75) is 6.42 Å². The van der Waals surface area contributed by atoms with Crippen LogP contribution in [0.2, 0.25) is 0 Å². The molecule has 1 aromatic carbocycles. The van der Waals surface area contributed by atoms with Gasteiger partial charge in [0.2, 0.25) is 5.91 Å². The Morgan fingerprint density at radius 3 is 2.31 bits per heavy atom. The minimum atomic E-state index is 0.178. The highest BCUT2D eigenvalue weighted by Crippen LogP contribution is 2.15. The molecule has 3 heterocycles. The van der Waals surface area contributed by atoms with Gasteiger partial charge in [0.1, 0.15) is 6.33 Å². The van der Waals surface area contributed by atoms with E-state index in [-0.39, 0.29) is 5.91 Å². The molecule has 0 unspecified atom stereocenters. The summed E-state index contributed by atoms with van der Waals surface area (Å²) in [6.07, 6.45) is 5.70. The molecule has 3 aromatic rings. The molecule has 1 saturated heterocycles. The number of amides is 1. The molecule has 0 bridgehead atoms. The van der Waals surface area contributed by atoms with E-state index in [0.717, 1.165) is 30.3 Å². The standard InChI is InChI=1S/C19H20N6O/c26-19(14-16-4-2-1-3-5-16)24-12-10-23(11-13-24)17-6-7-18(22-21-17)25-9-8-20-15-25/h1-9,15H,10-14H2. The topological polar surface area (TPSA) is 67.2 Å². The first-order chi connectivity index (χ1) is 12.8. The summed E-state index contributed by atoms with van der Waals surface area (Å²) in [4.78, 5) is 20.6. The minimum absolute atomic E-state index is 0.178. The third kappa shape index (κ3) is 3.56. The van der Waals surface area contributed by atoms with Gasteiger partial charge in [0.25, 0.3) is 0 Å². The molecule has 4 rings (SSSR count). The van der Waals surface area contributed by atoms with Crippen molar-refractivity contribution in [1.82, 2.24) is 24.6 Å². The van der Waals surface area contributed by atoms with Gasteiger partial charge in [-0.3, -0.25) is 9.36 Å². The van der Waals surface area contributed by atoms with Crippen LogP contribution >= 0.6 is 0 Å². The van der Waals surface area contributed by atoms with E-state index < -0.39 is 0 Å². The van der Waals surface area contributed by atoms with Crippen LogP contribution in [0.5, 0.6) is 0 Å². The monoisotopic (exact) mass is 348 g/mol. The second-order valence-electron chi connectivity index (χ2n) is 6.25. The van der Waals surface area contributed by atoms with Gasteiger partial charge < -0.3 is 9.80 Å². The lowest BCUT2D eigenvalue weighted by Crippen LogP contribution is -2.49. The zero-order valence-electron chi connectivity index (χ0n) is 14.4. The second kappa shape index (κ2) is 7.35. The minimum Gasteiger partial charge on any atom is -0.352 e. The van der Waals surface area contributed by atoms with E-state index in [4.69, 9.17) is 0 Å². The fourth-order valence-corrected chi connectivity index (χ4v) is 3.09. The molecule has 1 aliphatic heterocycles. The number of piperazine rings is 1. The number of anilines is 1. The normalized spacial score (nSPS) is 14.5. The van der Waals surface area contributed by atoms with Gasteiger partial charge in [-0.05, 0) is 17.7 Å². The van der Waals surface area contributed by atoms with Crippen molar-refractivity contribution >= 4 is 11.7 Å². The van der Waals surface area contributed by atoms with Gasteiger partial charge in [0.15, 0.2) is 11.6 Å². The van der Waals surface area contributed by atoms with Crippen LogP contribution in [0.15, 0.2) is 61.2 Å². The maximum absolute atomic E-state index is 12.5. The third-order valence-electron chi connectivity index (χ3n) is 4.56. The smallest absolute Gasteiger partial charge is 0.227 e. The van der Waals surface area contributed by atoms with E-state index in [2.05, 4.69) is 20.1 Å². The average molecular weight is 348 g/mol. The number of aromatic nitrogens is 4. The predicted molar refractivity (Wildman–Crippen MR) is 98.1 cm³/mol. The van der Waals surface area contributed by atoms with Crippen LogP contribution in [0, 0.1) is 0 Å². The molecular weight excluding hydrogens is 328 g/mol. The lowest BCUT2D eigenvalue weighted by Gasteiger charge is -2.35. The van der Waals surface area contributed by atoms with E-state index in [1.54, 1.807) is 12.5 Å². The predicted octanol–water partition coefficient (Wildman–Crippen LogP) is 1.55. The van der Waals surface area contributed by atoms with E-state index in [9.17, 15) is 4.79 Å². The number of hydrogen-bond acceptors (Lipinski definition) is 5. The van der Waals surface area contributed by atoms with Crippen molar-refractivity contribution in [3.8, 4) is 5.82 Å². The summed E-state index contributed by atoms with van der Waals surface area (Å²) >= 11 is 0. The van der Waals surface area contributed by atoms with E-state index in [1.165, 1.54) is 0 Å². The van der Waals surface area contributed by atoms with E-state index in [1.807, 2.05) is 58.1 Å². The van der Waals surface area contributed by atoms with Crippen LogP contribution in [0.1, 0.15) is 5.56 Å². The number of hydrogen-bond donors (Lipinski definition) is 0. The fraction of sp³-hybridized carbons (Fsp3) is 0.263. The van der Waals surface area contributed by atoms with Crippen molar-refractivity contribution in [3.05, 3.63) is 66.7 Å². The summed E-state index contributed by atoms with van der Waals surface area (Å²) in [5.41, 5.74) is 1.06. The van der Waals surface area contributed by atoms with Crippen molar-refractivity contribution < 1.29 is 4.79 Å². The first-order valence-corrected chi connectivity index (χ1v) is 8.68. The molecule has 0 N–H and O–H groups in total. The first-order valence-electron chi connectivity index (χ1n) is 8.68. The highest BCUT2D eigenvalue weighted by molar-refractivity contribution is 5.79. The number of carbonyl (C=O) groups excluding carboxylic acids is 1. The van der Waals surface area contributed by atoms with Crippen LogP contribution in [0.25, 0.3) is 5.82 Å². The largest absolute Gasteiger partial charge is 0.352 e. The van der Waals surface area contributed by atoms with Gasteiger partial charge in [-0.1, -0.05) is 30.3 Å². The summed E-state index contributed by atoms with van der Waals surface area (Å²) in [5.74, 6) is 1.75. The summed E-state index contributed by atoms with van der Waals surface area (Å²) in [6.45, 7) is 2.94. The van der Waals surface area contributed by atoms with Gasteiger partial charge in [-0.15, -0.1) is 10.2 Å². The molecule has 0 saturated carbocycles. The first kappa shape index (κ1) is 16.3. The lowest BCUT2D eigenvalue weighted by molar-refractivity contribution is -0.130. The highest BCUT2D eigenvalue weighted by atomic mass is 16.2. The Hall–Kier alpha value is -3.22. The average Bonchev–Trinajstić information content (AvgIpc) is 3.24. The maximum atomic E-state index is 12.5. The van der Waals surface area contributed by atoms with Gasteiger partial charge >= 0.3 is 0 Å². The van der Waals surface area contributed by atoms with Gasteiger partial charge in [-0.25, -0.2) is 4.98 Å². The molecule has 2 aromatic heterocycles. The maximum Gasteiger partial charge on any atom is 0.227 e. The molecule has 26 heavy (non-hydrogen) atoms. The zero-order valence-corrected chi connectivity index (χ0v) is 14.4. The Morgan fingerprint density at radius 1 is 0.923 bits per heavy atom. The molecular formula is C19H20N6O. The van der Waals surface area contributed by atoms with Crippen LogP contribution in [0.4, 0.5) is 5.82 Å². The molecule has 132 valence electrons. The van der Waals surface area contributed by atoms with Crippen molar-refractivity contribution in [2.24, 2.45) is 0 Å². The molecule has 0 spiro atoms. The van der Waals surface area contributed by atoms with Crippen LogP contribution in [0.3, 0.4) is 0 Å². The van der Waals surface area contributed by atoms with Crippen LogP contribution in [-0.4, -0.2) is 56.7 Å². The summed E-state index contributed by atoms with van der Waals surface area (Å²) in [5, 5.41) is 8.58. The molecule has 7 nitrogen and oxygen atoms in total. The number of imidazole rings is 1. The summed E-state index contributed by atoms with van der Waals surface area (Å²) in [7, 11) is 0. The molecule has 7 heteroatoms. The Bertz CT molecular complexity index is 840. The Balaban J connectivity index is 1.34. The number of carbonyl (C=O) groups is 1. The van der Waals surface area contributed by atoms with Crippen molar-refractivity contribution in [2.75, 3.05) is 31.1 Å². The molecule has 1 aliphatic rings. The summed E-state index contributed by atoms with van der Waals surface area (Å²) in [6, 6.07) is 13.8. The van der Waals surface area contributed by atoms with Gasteiger partial charge in [-0.2, -0.15) is 0 Å². The number of benzene rings is 1. The van der Waals surface area contributed by atoms with Gasteiger partial charge in [0.05, 0.1) is 6.42 Å². The molecule has 0 atom stereocenters. The third-order valence-corrected chi connectivity index (χ3v) is 4.56. The SMILES string of the molecule is O=C(Cc1ccccc1)N1CCN(c2ccc(-n3ccnc3)nn2)CC1. The Kier molecular flexibility index (Phi) is 4.59. The highest BCUT2D eigenvalue weighted by Gasteiger charge is 2.22. The Morgan fingerprint density at radius 2 is 1.65 bits per heavy atom. The quantitative estimate of drug-likeness (QED) is 0.716. The zero-order chi connectivity index (χ0) is 17.8. The van der Waals surface area contributed by atoms with E-state index >= 15 is 0 Å². The number of nitrogens with zero attached hydrogens (tertiary/aromatic N) is 6. The molecule has 0 radical (unpaired) electrons. The van der Waals surface area contributed by atoms with Crippen LogP contribution in [-0.2, 0) is 11.2 Å². The number of rotatable bonds is 4.